The first-order valence-electron chi connectivity index (χ1n) is 6.94. The number of pyridine rings is 1. The number of imide groups is 1. The van der Waals surface area contributed by atoms with E-state index in [0.717, 1.165) is 4.90 Å². The average molecular weight is 310 g/mol. The maximum absolute atomic E-state index is 12.5. The summed E-state index contributed by atoms with van der Waals surface area (Å²) in [6.07, 6.45) is 3.18. The molecule has 1 N–H and O–H groups in total. The normalized spacial score (nSPS) is 14.6. The van der Waals surface area contributed by atoms with Crippen LogP contribution in [0.2, 0.25) is 0 Å². The Bertz CT molecular complexity index is 782. The van der Waals surface area contributed by atoms with E-state index in [1.165, 1.54) is 7.11 Å². The van der Waals surface area contributed by atoms with Crippen LogP contribution in [0.5, 0.6) is 5.75 Å². The van der Waals surface area contributed by atoms with Gasteiger partial charge >= 0.3 is 0 Å². The second kappa shape index (κ2) is 5.92. The van der Waals surface area contributed by atoms with Crippen LogP contribution in [-0.4, -0.2) is 33.9 Å². The molecule has 0 saturated carbocycles. The molecule has 0 unspecified atom stereocenters. The first-order chi connectivity index (χ1) is 11.1. The highest BCUT2D eigenvalue weighted by atomic mass is 16.5. The van der Waals surface area contributed by atoms with Crippen molar-refractivity contribution in [1.29, 1.82) is 0 Å². The first kappa shape index (κ1) is 14.8. The van der Waals surface area contributed by atoms with Crippen LogP contribution >= 0.6 is 0 Å². The predicted molar refractivity (Wildman–Crippen MR) is 82.3 cm³/mol. The fourth-order valence-electron chi connectivity index (χ4n) is 2.40. The summed E-state index contributed by atoms with van der Waals surface area (Å²) in [7, 11) is 1.53. The Balaban J connectivity index is 1.89. The van der Waals surface area contributed by atoms with Crippen molar-refractivity contribution in [1.82, 2.24) is 9.88 Å². The van der Waals surface area contributed by atoms with Crippen molar-refractivity contribution in [2.45, 2.75) is 6.54 Å². The largest absolute Gasteiger partial charge is 0.502 e. The van der Waals surface area contributed by atoms with Crippen molar-refractivity contribution >= 4 is 17.4 Å². The summed E-state index contributed by atoms with van der Waals surface area (Å²) in [5.74, 6) is -1.15. The zero-order valence-corrected chi connectivity index (χ0v) is 12.4. The number of hydrogen-bond donors (Lipinski definition) is 1. The molecule has 2 aromatic rings. The Morgan fingerprint density at radius 3 is 2.48 bits per heavy atom. The molecule has 1 aliphatic rings. The molecule has 0 fully saturated rings. The summed E-state index contributed by atoms with van der Waals surface area (Å²) in [5, 5.41) is 10.1. The van der Waals surface area contributed by atoms with Gasteiger partial charge in [-0.15, -0.1) is 0 Å². The number of benzene rings is 1. The van der Waals surface area contributed by atoms with Crippen LogP contribution in [0.15, 0.2) is 54.6 Å². The molecule has 1 aromatic heterocycles. The second-order valence-electron chi connectivity index (χ2n) is 5.01. The van der Waals surface area contributed by atoms with Gasteiger partial charge in [-0.1, -0.05) is 18.2 Å². The molecule has 0 spiro atoms. The minimum absolute atomic E-state index is 0.00143. The summed E-state index contributed by atoms with van der Waals surface area (Å²) >= 11 is 0. The molecule has 6 nitrogen and oxygen atoms in total. The lowest BCUT2D eigenvalue weighted by Gasteiger charge is -2.14. The first-order valence-corrected chi connectivity index (χ1v) is 6.94. The maximum Gasteiger partial charge on any atom is 0.296 e. The lowest BCUT2D eigenvalue weighted by Crippen LogP contribution is -2.31. The second-order valence-corrected chi connectivity index (χ2v) is 5.01. The molecule has 6 heteroatoms. The van der Waals surface area contributed by atoms with Gasteiger partial charge in [-0.3, -0.25) is 19.5 Å². The third kappa shape index (κ3) is 2.66. The van der Waals surface area contributed by atoms with E-state index >= 15 is 0 Å². The number of aliphatic hydroxyl groups excluding tert-OH is 1. The van der Waals surface area contributed by atoms with E-state index in [1.807, 2.05) is 0 Å². The highest BCUT2D eigenvalue weighted by Crippen LogP contribution is 2.30. The van der Waals surface area contributed by atoms with E-state index in [4.69, 9.17) is 4.74 Å². The van der Waals surface area contributed by atoms with Gasteiger partial charge in [0.05, 0.1) is 19.2 Å². The smallest absolute Gasteiger partial charge is 0.296 e. The number of carbonyl (C=O) groups is 2. The molecule has 0 radical (unpaired) electrons. The number of carbonyl (C=O) groups excluding carboxylic acids is 2. The van der Waals surface area contributed by atoms with Crippen LogP contribution in [0.25, 0.3) is 5.57 Å². The highest BCUT2D eigenvalue weighted by molar-refractivity contribution is 6.34. The minimum atomic E-state index is -0.704. The van der Waals surface area contributed by atoms with Gasteiger partial charge in [0.1, 0.15) is 5.75 Å². The molecular formula is C17H14N2O4. The number of aliphatic hydroxyl groups is 1. The number of methoxy groups -OCH3 is 1. The van der Waals surface area contributed by atoms with Gasteiger partial charge in [0.25, 0.3) is 11.8 Å². The molecule has 2 heterocycles. The highest BCUT2D eigenvalue weighted by Gasteiger charge is 2.39. The molecule has 0 saturated heterocycles. The van der Waals surface area contributed by atoms with Crippen molar-refractivity contribution in [2.24, 2.45) is 0 Å². The summed E-state index contributed by atoms with van der Waals surface area (Å²) < 4.78 is 5.06. The van der Waals surface area contributed by atoms with Gasteiger partial charge in [-0.2, -0.15) is 0 Å². The van der Waals surface area contributed by atoms with Crippen LogP contribution in [-0.2, 0) is 16.1 Å². The van der Waals surface area contributed by atoms with Crippen molar-refractivity contribution in [2.75, 3.05) is 7.11 Å². The fourth-order valence-corrected chi connectivity index (χ4v) is 2.40. The van der Waals surface area contributed by atoms with Crippen LogP contribution < -0.4 is 4.74 Å². The van der Waals surface area contributed by atoms with Crippen molar-refractivity contribution < 1.29 is 19.4 Å². The quantitative estimate of drug-likeness (QED) is 0.873. The third-order valence-corrected chi connectivity index (χ3v) is 3.59. The monoisotopic (exact) mass is 310 g/mol. The van der Waals surface area contributed by atoms with Crippen molar-refractivity contribution in [3.8, 4) is 5.75 Å². The molecule has 0 bridgehead atoms. The predicted octanol–water partition coefficient (Wildman–Crippen LogP) is 1.93. The Kier molecular flexibility index (Phi) is 3.80. The van der Waals surface area contributed by atoms with Gasteiger partial charge in [0.15, 0.2) is 5.76 Å². The van der Waals surface area contributed by atoms with Gasteiger partial charge in [-0.05, 0) is 29.3 Å². The zero-order chi connectivity index (χ0) is 16.4. The van der Waals surface area contributed by atoms with Crippen LogP contribution in [0.4, 0.5) is 0 Å². The van der Waals surface area contributed by atoms with Crippen LogP contribution in [0.1, 0.15) is 11.1 Å². The SMILES string of the molecule is COc1ccc(C2=C(O)C(=O)N(Cc3cccnc3)C2=O)cc1. The Morgan fingerprint density at radius 2 is 1.87 bits per heavy atom. The number of ether oxygens (including phenoxy) is 1. The number of rotatable bonds is 4. The van der Waals surface area contributed by atoms with E-state index in [2.05, 4.69) is 4.98 Å². The van der Waals surface area contributed by atoms with Gasteiger partial charge in [-0.25, -0.2) is 0 Å². The molecule has 1 aliphatic heterocycles. The molecule has 116 valence electrons. The average Bonchev–Trinajstić information content (AvgIpc) is 2.80. The van der Waals surface area contributed by atoms with E-state index in [0.29, 0.717) is 16.9 Å². The van der Waals surface area contributed by atoms with E-state index in [9.17, 15) is 14.7 Å². The Labute approximate surface area is 132 Å². The van der Waals surface area contributed by atoms with Crippen molar-refractivity contribution in [3.05, 3.63) is 65.7 Å². The standard InChI is InChI=1S/C17H14N2O4/c1-23-13-6-4-12(5-7-13)14-15(20)17(22)19(16(14)21)10-11-3-2-8-18-9-11/h2-9,20H,10H2,1H3. The molecular weight excluding hydrogens is 296 g/mol. The van der Waals surface area contributed by atoms with Crippen LogP contribution in [0, 0.1) is 0 Å². The van der Waals surface area contributed by atoms with Gasteiger partial charge in [0, 0.05) is 12.4 Å². The summed E-state index contributed by atoms with van der Waals surface area (Å²) in [5.41, 5.74) is 1.18. The minimum Gasteiger partial charge on any atom is -0.502 e. The zero-order valence-electron chi connectivity index (χ0n) is 12.4. The molecule has 1 aromatic carbocycles. The lowest BCUT2D eigenvalue weighted by atomic mass is 10.1. The Morgan fingerprint density at radius 1 is 1.13 bits per heavy atom. The third-order valence-electron chi connectivity index (χ3n) is 3.59. The van der Waals surface area contributed by atoms with Crippen LogP contribution in [0.3, 0.4) is 0 Å². The Hall–Kier alpha value is -3.15. The molecule has 3 rings (SSSR count). The van der Waals surface area contributed by atoms with Gasteiger partial charge < -0.3 is 9.84 Å². The molecule has 0 aliphatic carbocycles. The number of hydrogen-bond acceptors (Lipinski definition) is 5. The van der Waals surface area contributed by atoms with E-state index in [1.54, 1.807) is 48.8 Å². The summed E-state index contributed by atoms with van der Waals surface area (Å²) in [6.45, 7) is 0.0647. The summed E-state index contributed by atoms with van der Waals surface area (Å²) in [6, 6.07) is 10.1. The molecule has 2 amide bonds. The number of aromatic nitrogens is 1. The number of nitrogens with zero attached hydrogens (tertiary/aromatic N) is 2. The van der Waals surface area contributed by atoms with Crippen molar-refractivity contribution in [3.63, 3.8) is 0 Å². The van der Waals surface area contributed by atoms with E-state index < -0.39 is 17.6 Å². The van der Waals surface area contributed by atoms with Gasteiger partial charge in [0.2, 0.25) is 0 Å². The lowest BCUT2D eigenvalue weighted by molar-refractivity contribution is -0.138. The fraction of sp³-hybridized carbons (Fsp3) is 0.118. The molecule has 23 heavy (non-hydrogen) atoms. The summed E-state index contributed by atoms with van der Waals surface area (Å²) in [4.78, 5) is 29.7. The maximum atomic E-state index is 12.5. The topological polar surface area (TPSA) is 79.7 Å². The van der Waals surface area contributed by atoms with E-state index in [-0.39, 0.29) is 12.1 Å². The number of amides is 2. The molecule has 0 atom stereocenters.